The van der Waals surface area contributed by atoms with Crippen LogP contribution in [-0.2, 0) is 6.54 Å². The predicted molar refractivity (Wildman–Crippen MR) is 98.1 cm³/mol. The maximum atomic E-state index is 12.5. The van der Waals surface area contributed by atoms with Gasteiger partial charge in [0.2, 0.25) is 0 Å². The van der Waals surface area contributed by atoms with Crippen molar-refractivity contribution in [2.45, 2.75) is 19.9 Å². The van der Waals surface area contributed by atoms with Crippen molar-refractivity contribution in [2.75, 3.05) is 31.5 Å². The summed E-state index contributed by atoms with van der Waals surface area (Å²) in [5, 5.41) is 3.01. The van der Waals surface area contributed by atoms with Crippen molar-refractivity contribution in [2.24, 2.45) is 0 Å². The van der Waals surface area contributed by atoms with Gasteiger partial charge in [0.15, 0.2) is 0 Å². The van der Waals surface area contributed by atoms with Crippen molar-refractivity contribution in [1.29, 1.82) is 0 Å². The number of hydrogen-bond acceptors (Lipinski definition) is 2. The van der Waals surface area contributed by atoms with Gasteiger partial charge in [-0.2, -0.15) is 0 Å². The molecule has 4 nitrogen and oxygen atoms in total. The van der Waals surface area contributed by atoms with E-state index in [0.29, 0.717) is 0 Å². The molecule has 0 spiro atoms. The zero-order valence-corrected chi connectivity index (χ0v) is 14.2. The predicted octanol–water partition coefficient (Wildman–Crippen LogP) is 3.73. The zero-order valence-electron chi connectivity index (χ0n) is 14.2. The number of amides is 2. The van der Waals surface area contributed by atoms with Gasteiger partial charge in [-0.15, -0.1) is 0 Å². The van der Waals surface area contributed by atoms with Gasteiger partial charge in [-0.3, -0.25) is 4.90 Å². The summed E-state index contributed by atoms with van der Waals surface area (Å²) in [5.74, 6) is 0. The van der Waals surface area contributed by atoms with Crippen LogP contribution in [0.25, 0.3) is 0 Å². The summed E-state index contributed by atoms with van der Waals surface area (Å²) in [6, 6.07) is 18.5. The largest absolute Gasteiger partial charge is 0.323 e. The first-order chi connectivity index (χ1) is 11.7. The van der Waals surface area contributed by atoms with E-state index in [2.05, 4.69) is 34.5 Å². The number of carbonyl (C=O) groups excluding carboxylic acids is 1. The van der Waals surface area contributed by atoms with Crippen LogP contribution in [-0.4, -0.2) is 42.0 Å². The van der Waals surface area contributed by atoms with Crippen molar-refractivity contribution in [3.8, 4) is 0 Å². The molecule has 0 aromatic heterocycles. The summed E-state index contributed by atoms with van der Waals surface area (Å²) >= 11 is 0. The van der Waals surface area contributed by atoms with E-state index < -0.39 is 0 Å². The van der Waals surface area contributed by atoms with E-state index in [1.165, 1.54) is 5.56 Å². The molecule has 2 aromatic carbocycles. The van der Waals surface area contributed by atoms with Crippen molar-refractivity contribution in [1.82, 2.24) is 9.80 Å². The molecule has 1 fully saturated rings. The molecule has 24 heavy (non-hydrogen) atoms. The molecule has 0 unspecified atom stereocenters. The maximum absolute atomic E-state index is 12.5. The summed E-state index contributed by atoms with van der Waals surface area (Å²) in [7, 11) is 0. The summed E-state index contributed by atoms with van der Waals surface area (Å²) in [4.78, 5) is 16.8. The van der Waals surface area contributed by atoms with E-state index in [1.54, 1.807) is 0 Å². The van der Waals surface area contributed by atoms with Crippen LogP contribution in [0.5, 0.6) is 0 Å². The number of aryl methyl sites for hydroxylation is 1. The van der Waals surface area contributed by atoms with Gasteiger partial charge in [-0.1, -0.05) is 42.5 Å². The minimum Gasteiger partial charge on any atom is -0.323 e. The van der Waals surface area contributed by atoms with Gasteiger partial charge in [0.25, 0.3) is 0 Å². The molecule has 0 radical (unpaired) electrons. The number of hydrogen-bond donors (Lipinski definition) is 1. The molecule has 1 saturated heterocycles. The first kappa shape index (κ1) is 16.5. The third kappa shape index (κ3) is 4.59. The van der Waals surface area contributed by atoms with E-state index in [0.717, 1.165) is 50.4 Å². The van der Waals surface area contributed by atoms with Crippen LogP contribution in [0.15, 0.2) is 54.6 Å². The fraction of sp³-hybridized carbons (Fsp3) is 0.350. The molecular weight excluding hydrogens is 298 g/mol. The highest BCUT2D eigenvalue weighted by Crippen LogP contribution is 2.13. The highest BCUT2D eigenvalue weighted by molar-refractivity contribution is 5.89. The number of carbonyl (C=O) groups is 1. The minimum absolute atomic E-state index is 0.00200. The highest BCUT2D eigenvalue weighted by atomic mass is 16.2. The lowest BCUT2D eigenvalue weighted by Gasteiger charge is -2.22. The molecule has 2 amide bonds. The van der Waals surface area contributed by atoms with Crippen LogP contribution in [0.2, 0.25) is 0 Å². The molecule has 3 rings (SSSR count). The van der Waals surface area contributed by atoms with Crippen molar-refractivity contribution >= 4 is 11.7 Å². The summed E-state index contributed by atoms with van der Waals surface area (Å²) in [5.41, 5.74) is 3.35. The van der Waals surface area contributed by atoms with Crippen molar-refractivity contribution < 1.29 is 4.79 Å². The standard InChI is InChI=1S/C20H25N3O/c1-17-7-5-10-19(15-17)21-20(24)23-12-6-11-22(13-14-23)16-18-8-3-2-4-9-18/h2-5,7-10,15H,6,11-14,16H2,1H3,(H,21,24). The molecule has 0 aliphatic carbocycles. The van der Waals surface area contributed by atoms with Gasteiger partial charge in [0.1, 0.15) is 0 Å². The second kappa shape index (κ2) is 7.97. The number of rotatable bonds is 3. The van der Waals surface area contributed by atoms with Crippen LogP contribution in [0.3, 0.4) is 0 Å². The Morgan fingerprint density at radius 2 is 1.83 bits per heavy atom. The van der Waals surface area contributed by atoms with Gasteiger partial charge in [0, 0.05) is 38.4 Å². The molecule has 126 valence electrons. The highest BCUT2D eigenvalue weighted by Gasteiger charge is 2.19. The van der Waals surface area contributed by atoms with Gasteiger partial charge >= 0.3 is 6.03 Å². The first-order valence-electron chi connectivity index (χ1n) is 8.59. The number of anilines is 1. The third-order valence-electron chi connectivity index (χ3n) is 4.39. The number of nitrogens with zero attached hydrogens (tertiary/aromatic N) is 2. The Kier molecular flexibility index (Phi) is 5.49. The lowest BCUT2D eigenvalue weighted by Crippen LogP contribution is -2.38. The fourth-order valence-electron chi connectivity index (χ4n) is 3.10. The van der Waals surface area contributed by atoms with E-state index in [4.69, 9.17) is 0 Å². The molecule has 1 N–H and O–H groups in total. The van der Waals surface area contributed by atoms with Crippen LogP contribution < -0.4 is 5.32 Å². The second-order valence-electron chi connectivity index (χ2n) is 6.40. The van der Waals surface area contributed by atoms with E-state index >= 15 is 0 Å². The minimum atomic E-state index is 0.00200. The Bertz CT molecular complexity index is 672. The van der Waals surface area contributed by atoms with Gasteiger partial charge in [-0.25, -0.2) is 4.79 Å². The average molecular weight is 323 g/mol. The average Bonchev–Trinajstić information content (AvgIpc) is 2.81. The topological polar surface area (TPSA) is 35.6 Å². The zero-order chi connectivity index (χ0) is 16.8. The van der Waals surface area contributed by atoms with Crippen LogP contribution in [0, 0.1) is 6.92 Å². The van der Waals surface area contributed by atoms with Crippen LogP contribution in [0.1, 0.15) is 17.5 Å². The van der Waals surface area contributed by atoms with E-state index in [9.17, 15) is 4.79 Å². The lowest BCUT2D eigenvalue weighted by atomic mass is 10.2. The Balaban J connectivity index is 1.54. The van der Waals surface area contributed by atoms with Crippen LogP contribution in [0.4, 0.5) is 10.5 Å². The summed E-state index contributed by atoms with van der Waals surface area (Å²) in [6.07, 6.45) is 1.01. The number of urea groups is 1. The van der Waals surface area contributed by atoms with Crippen molar-refractivity contribution in [3.05, 3.63) is 65.7 Å². The van der Waals surface area contributed by atoms with Gasteiger partial charge < -0.3 is 10.2 Å². The molecule has 0 atom stereocenters. The van der Waals surface area contributed by atoms with Crippen LogP contribution >= 0.6 is 0 Å². The molecule has 1 heterocycles. The SMILES string of the molecule is Cc1cccc(NC(=O)N2CCCN(Cc3ccccc3)CC2)c1. The Morgan fingerprint density at radius 3 is 2.62 bits per heavy atom. The lowest BCUT2D eigenvalue weighted by molar-refractivity contribution is 0.211. The molecular formula is C20H25N3O. The van der Waals surface area contributed by atoms with Gasteiger partial charge in [-0.05, 0) is 36.6 Å². The Morgan fingerprint density at radius 1 is 1.00 bits per heavy atom. The Labute approximate surface area is 144 Å². The normalized spacial score (nSPS) is 15.8. The van der Waals surface area contributed by atoms with E-state index in [1.807, 2.05) is 42.2 Å². The molecule has 0 bridgehead atoms. The molecule has 2 aromatic rings. The Hall–Kier alpha value is -2.33. The molecule has 0 saturated carbocycles. The summed E-state index contributed by atoms with van der Waals surface area (Å²) in [6.45, 7) is 6.50. The summed E-state index contributed by atoms with van der Waals surface area (Å²) < 4.78 is 0. The quantitative estimate of drug-likeness (QED) is 0.934. The number of benzene rings is 2. The maximum Gasteiger partial charge on any atom is 0.321 e. The second-order valence-corrected chi connectivity index (χ2v) is 6.40. The fourth-order valence-corrected chi connectivity index (χ4v) is 3.10. The smallest absolute Gasteiger partial charge is 0.321 e. The van der Waals surface area contributed by atoms with Crippen molar-refractivity contribution in [3.63, 3.8) is 0 Å². The van der Waals surface area contributed by atoms with Gasteiger partial charge in [0.05, 0.1) is 0 Å². The number of nitrogens with one attached hydrogen (secondary N) is 1. The third-order valence-corrected chi connectivity index (χ3v) is 4.39. The van der Waals surface area contributed by atoms with E-state index in [-0.39, 0.29) is 6.03 Å². The molecule has 4 heteroatoms. The first-order valence-corrected chi connectivity index (χ1v) is 8.59. The molecule has 1 aliphatic heterocycles. The monoisotopic (exact) mass is 323 g/mol. The molecule has 1 aliphatic rings.